The molecule has 0 saturated heterocycles. The highest BCUT2D eigenvalue weighted by Crippen LogP contribution is 2.19. The molecule has 0 rings (SSSR count). The van der Waals surface area contributed by atoms with E-state index in [4.69, 9.17) is 18.9 Å². The number of carboxylic acid groups (broad SMARTS) is 1. The molecule has 9 heteroatoms. The molecule has 0 heterocycles. The van der Waals surface area contributed by atoms with Crippen molar-refractivity contribution in [3.05, 3.63) is 24.3 Å². The maximum atomic E-state index is 12.9. The van der Waals surface area contributed by atoms with Crippen LogP contribution < -0.4 is 5.11 Å². The van der Waals surface area contributed by atoms with E-state index in [9.17, 15) is 19.5 Å². The largest absolute Gasteiger partial charge is 0.545 e. The Kier molecular flexibility index (Phi) is 63.0. The van der Waals surface area contributed by atoms with Crippen LogP contribution in [0.3, 0.4) is 0 Å². The lowest BCUT2D eigenvalue weighted by Crippen LogP contribution is -2.44. The van der Waals surface area contributed by atoms with Crippen molar-refractivity contribution in [1.82, 2.24) is 0 Å². The van der Waals surface area contributed by atoms with Crippen molar-refractivity contribution in [2.45, 2.75) is 379 Å². The Hall–Kier alpha value is -2.23. The fourth-order valence-electron chi connectivity index (χ4n) is 10.9. The zero-order valence-electron chi connectivity index (χ0n) is 55.4. The molecule has 0 saturated carbocycles. The van der Waals surface area contributed by atoms with Gasteiger partial charge in [0.25, 0.3) is 0 Å². The fourth-order valence-corrected chi connectivity index (χ4v) is 10.9. The minimum atomic E-state index is -1.62. The van der Waals surface area contributed by atoms with Crippen LogP contribution in [0.25, 0.3) is 0 Å². The van der Waals surface area contributed by atoms with Crippen molar-refractivity contribution in [2.75, 3.05) is 47.5 Å². The lowest BCUT2D eigenvalue weighted by molar-refractivity contribution is -0.870. The summed E-state index contributed by atoms with van der Waals surface area (Å²) in [5.41, 5.74) is 0. The lowest BCUT2D eigenvalue weighted by Gasteiger charge is -2.26. The van der Waals surface area contributed by atoms with Gasteiger partial charge in [0.1, 0.15) is 13.2 Å². The number of allylic oxidation sites excluding steroid dienone is 4. The topological polar surface area (TPSA) is 111 Å². The van der Waals surface area contributed by atoms with E-state index in [0.29, 0.717) is 23.9 Å². The van der Waals surface area contributed by atoms with E-state index < -0.39 is 24.3 Å². The van der Waals surface area contributed by atoms with Crippen molar-refractivity contribution in [3.63, 3.8) is 0 Å². The minimum Gasteiger partial charge on any atom is -0.545 e. The first kappa shape index (κ1) is 79.8. The van der Waals surface area contributed by atoms with E-state index in [1.54, 1.807) is 0 Å². The second-order valence-electron chi connectivity index (χ2n) is 25.9. The summed E-state index contributed by atoms with van der Waals surface area (Å²) in [7, 11) is 5.94. The van der Waals surface area contributed by atoms with Gasteiger partial charge in [-0.3, -0.25) is 9.59 Å². The molecule has 0 aliphatic carbocycles. The van der Waals surface area contributed by atoms with Crippen molar-refractivity contribution in [1.29, 1.82) is 0 Å². The molecule has 0 aromatic rings. The molecule has 0 radical (unpaired) electrons. The molecule has 2 unspecified atom stereocenters. The van der Waals surface area contributed by atoms with Gasteiger partial charge in [0.15, 0.2) is 12.4 Å². The van der Waals surface area contributed by atoms with Crippen molar-refractivity contribution in [3.8, 4) is 0 Å². The third kappa shape index (κ3) is 65.3. The number of esters is 2. The van der Waals surface area contributed by atoms with Gasteiger partial charge >= 0.3 is 11.9 Å². The Morgan fingerprint density at radius 1 is 0.366 bits per heavy atom. The zero-order valence-corrected chi connectivity index (χ0v) is 55.4. The maximum absolute atomic E-state index is 12.9. The molecule has 0 amide bonds. The van der Waals surface area contributed by atoms with Gasteiger partial charge in [0.05, 0.1) is 40.3 Å². The van der Waals surface area contributed by atoms with Gasteiger partial charge in [-0.25, -0.2) is 0 Å². The summed E-state index contributed by atoms with van der Waals surface area (Å²) in [5, 5.41) is 11.8. The first-order valence-electron chi connectivity index (χ1n) is 36.0. The summed E-state index contributed by atoms with van der Waals surface area (Å²) in [6.45, 7) is 4.78. The third-order valence-corrected chi connectivity index (χ3v) is 16.5. The molecular weight excluding hydrogens is 1020 g/mol. The maximum Gasteiger partial charge on any atom is 0.306 e. The SMILES string of the molecule is CCCCC/C=C\C/C=C\CCCCCCCCCCCC(=O)OC(COC(=O)CCCCCCCCCCCCCCCCCCCCCCCCCCCCCCCCCCCCCCCC)COC(OCC[N+](C)(C)C)C(=O)[O-]. The van der Waals surface area contributed by atoms with Gasteiger partial charge < -0.3 is 33.3 Å². The number of nitrogens with zero attached hydrogens (tertiary/aromatic N) is 1. The highest BCUT2D eigenvalue weighted by Gasteiger charge is 2.22. The van der Waals surface area contributed by atoms with Crippen molar-refractivity contribution >= 4 is 17.9 Å². The van der Waals surface area contributed by atoms with Crippen LogP contribution in [0.1, 0.15) is 367 Å². The second kappa shape index (κ2) is 64.8. The molecule has 2 atom stereocenters. The van der Waals surface area contributed by atoms with Gasteiger partial charge in [0, 0.05) is 12.8 Å². The number of hydrogen-bond acceptors (Lipinski definition) is 8. The highest BCUT2D eigenvalue weighted by molar-refractivity contribution is 5.70. The number of rotatable bonds is 68. The monoisotopic (exact) mass is 1160 g/mol. The van der Waals surface area contributed by atoms with Crippen LogP contribution in [-0.4, -0.2) is 82.3 Å². The molecule has 0 aliphatic heterocycles. The van der Waals surface area contributed by atoms with Gasteiger partial charge in [-0.1, -0.05) is 334 Å². The number of carbonyl (C=O) groups is 3. The van der Waals surface area contributed by atoms with Crippen LogP contribution >= 0.6 is 0 Å². The molecule has 9 nitrogen and oxygen atoms in total. The quantitative estimate of drug-likeness (QED) is 0.0195. The van der Waals surface area contributed by atoms with Crippen LogP contribution in [-0.2, 0) is 33.3 Å². The summed E-state index contributed by atoms with van der Waals surface area (Å²) in [6, 6.07) is 0. The predicted octanol–water partition coefficient (Wildman–Crippen LogP) is 20.9. The predicted molar refractivity (Wildman–Crippen MR) is 348 cm³/mol. The first-order chi connectivity index (χ1) is 40.1. The Balaban J connectivity index is 3.93. The van der Waals surface area contributed by atoms with Crippen LogP contribution in [0, 0.1) is 0 Å². The van der Waals surface area contributed by atoms with E-state index in [1.807, 2.05) is 21.1 Å². The van der Waals surface area contributed by atoms with E-state index >= 15 is 0 Å². The number of carbonyl (C=O) groups excluding carboxylic acids is 3. The Labute approximate surface area is 509 Å². The van der Waals surface area contributed by atoms with Crippen LogP contribution in [0.4, 0.5) is 0 Å². The molecule has 0 aliphatic rings. The van der Waals surface area contributed by atoms with Gasteiger partial charge in [-0.15, -0.1) is 0 Å². The van der Waals surface area contributed by atoms with E-state index in [2.05, 4.69) is 38.2 Å². The van der Waals surface area contributed by atoms with E-state index in [0.717, 1.165) is 51.4 Å². The second-order valence-corrected chi connectivity index (χ2v) is 25.9. The van der Waals surface area contributed by atoms with Gasteiger partial charge in [0.2, 0.25) is 0 Å². The highest BCUT2D eigenvalue weighted by atomic mass is 16.7. The van der Waals surface area contributed by atoms with Crippen LogP contribution in [0.15, 0.2) is 24.3 Å². The molecule has 0 aromatic carbocycles. The molecule has 82 heavy (non-hydrogen) atoms. The molecule has 0 aromatic heterocycles. The Morgan fingerprint density at radius 3 is 0.988 bits per heavy atom. The summed E-state index contributed by atoms with van der Waals surface area (Å²) < 4.78 is 22.8. The normalized spacial score (nSPS) is 12.7. The smallest absolute Gasteiger partial charge is 0.306 e. The molecule has 0 N–H and O–H groups in total. The number of hydrogen-bond donors (Lipinski definition) is 0. The number of unbranched alkanes of at least 4 members (excludes halogenated alkanes) is 49. The minimum absolute atomic E-state index is 0.149. The standard InChI is InChI=1S/C73H139NO8/c1-6-8-10-12-14-16-18-20-22-24-26-27-28-29-30-31-32-33-34-35-36-37-38-39-40-41-42-43-44-46-47-49-51-53-55-57-59-61-63-70(75)80-67-69(68-81-73(72(77)78)79-66-65-74(3,4)5)82-71(76)64-62-60-58-56-54-52-50-48-45-25-23-21-19-17-15-13-11-9-7-2/h15,17,21,23,69,73H,6-14,16,18-20,22,24-68H2,1-5H3/b17-15-,23-21-. The first-order valence-corrected chi connectivity index (χ1v) is 36.0. The number of quaternary nitrogens is 1. The summed E-state index contributed by atoms with van der Waals surface area (Å²) >= 11 is 0. The zero-order chi connectivity index (χ0) is 59.8. The molecule has 0 fully saturated rings. The van der Waals surface area contributed by atoms with Crippen molar-refractivity contribution < 1.29 is 42.9 Å². The number of aliphatic carboxylic acids is 1. The van der Waals surface area contributed by atoms with E-state index in [-0.39, 0.29) is 32.2 Å². The lowest BCUT2D eigenvalue weighted by atomic mass is 10.0. The molecular formula is C73H139NO8. The van der Waals surface area contributed by atoms with E-state index in [1.165, 1.54) is 283 Å². The molecule has 484 valence electrons. The van der Waals surface area contributed by atoms with Crippen LogP contribution in [0.5, 0.6) is 0 Å². The summed E-state index contributed by atoms with van der Waals surface area (Å²) in [6.07, 6.45) is 77.2. The van der Waals surface area contributed by atoms with Gasteiger partial charge in [-0.05, 0) is 44.9 Å². The third-order valence-electron chi connectivity index (χ3n) is 16.5. The number of carboxylic acids is 1. The number of ether oxygens (including phenoxy) is 4. The molecule has 0 spiro atoms. The summed E-state index contributed by atoms with van der Waals surface area (Å²) in [4.78, 5) is 37.4. The average molecular weight is 1160 g/mol. The molecule has 0 bridgehead atoms. The Morgan fingerprint density at radius 2 is 0.659 bits per heavy atom. The number of likely N-dealkylation sites (N-methyl/N-ethyl adjacent to an activating group) is 1. The average Bonchev–Trinajstić information content (AvgIpc) is 3.45. The van der Waals surface area contributed by atoms with Gasteiger partial charge in [-0.2, -0.15) is 0 Å². The fraction of sp³-hybridized carbons (Fsp3) is 0.904. The summed E-state index contributed by atoms with van der Waals surface area (Å²) in [5.74, 6) is -2.26. The van der Waals surface area contributed by atoms with Crippen LogP contribution in [0.2, 0.25) is 0 Å². The van der Waals surface area contributed by atoms with Crippen molar-refractivity contribution in [2.24, 2.45) is 0 Å². The Bertz CT molecular complexity index is 1390.